The molecule has 0 fully saturated rings. The van der Waals surface area contributed by atoms with Crippen molar-refractivity contribution in [2.24, 2.45) is 0 Å². The summed E-state index contributed by atoms with van der Waals surface area (Å²) in [5, 5.41) is 7.19. The molecule has 0 spiro atoms. The average Bonchev–Trinajstić information content (AvgIpc) is 2.73. The maximum absolute atomic E-state index is 11.6. The van der Waals surface area contributed by atoms with E-state index in [0.717, 1.165) is 11.3 Å². The van der Waals surface area contributed by atoms with Gasteiger partial charge in [0.05, 0.1) is 5.75 Å². The number of nitrogens with one attached hydrogen (secondary N) is 1. The van der Waals surface area contributed by atoms with Crippen molar-refractivity contribution in [3.8, 4) is 0 Å². The number of aromatic nitrogens is 3. The third-order valence-corrected chi connectivity index (χ3v) is 4.58. The summed E-state index contributed by atoms with van der Waals surface area (Å²) < 4.78 is 26.1. The number of fused-ring (bicyclic) bond motifs is 1. The van der Waals surface area contributed by atoms with Crippen LogP contribution < -0.4 is 5.32 Å². The van der Waals surface area contributed by atoms with E-state index in [4.69, 9.17) is 0 Å². The van der Waals surface area contributed by atoms with Crippen molar-refractivity contribution in [3.63, 3.8) is 0 Å². The van der Waals surface area contributed by atoms with Gasteiger partial charge in [-0.1, -0.05) is 6.07 Å². The summed E-state index contributed by atoms with van der Waals surface area (Å²) in [6.07, 6.45) is 0. The van der Waals surface area contributed by atoms with Crippen LogP contribution in [0.3, 0.4) is 0 Å². The van der Waals surface area contributed by atoms with Gasteiger partial charge in [0, 0.05) is 26.3 Å². The van der Waals surface area contributed by atoms with Crippen LogP contribution in [0.4, 0.5) is 5.95 Å². The number of sulfonamides is 1. The molecule has 2 aromatic heterocycles. The molecule has 104 valence electrons. The Bertz CT molecular complexity index is 677. The van der Waals surface area contributed by atoms with Crippen molar-refractivity contribution >= 4 is 21.6 Å². The molecule has 2 rings (SSSR count). The molecule has 2 aromatic rings. The minimum atomic E-state index is -3.20. The number of hydrogen-bond acceptors (Lipinski definition) is 5. The van der Waals surface area contributed by atoms with Crippen LogP contribution in [-0.2, 0) is 10.0 Å². The number of nitrogens with zero attached hydrogens (tertiary/aromatic N) is 4. The summed E-state index contributed by atoms with van der Waals surface area (Å²) in [5.74, 6) is 0.442. The lowest BCUT2D eigenvalue weighted by atomic mass is 10.4. The molecule has 0 bridgehead atoms. The second-order valence-electron chi connectivity index (χ2n) is 4.40. The fraction of sp³-hybridized carbons (Fsp3) is 0.455. The molecule has 0 unspecified atom stereocenters. The smallest absolute Gasteiger partial charge is 0.243 e. The van der Waals surface area contributed by atoms with Crippen LogP contribution in [0.25, 0.3) is 5.65 Å². The van der Waals surface area contributed by atoms with Crippen molar-refractivity contribution < 1.29 is 8.42 Å². The largest absolute Gasteiger partial charge is 0.352 e. The van der Waals surface area contributed by atoms with Crippen LogP contribution in [0.1, 0.15) is 5.69 Å². The van der Waals surface area contributed by atoms with Crippen molar-refractivity contribution in [2.75, 3.05) is 31.7 Å². The van der Waals surface area contributed by atoms with E-state index < -0.39 is 10.0 Å². The first-order valence-corrected chi connectivity index (χ1v) is 7.47. The predicted molar refractivity (Wildman–Crippen MR) is 73.7 cm³/mol. The van der Waals surface area contributed by atoms with E-state index in [0.29, 0.717) is 5.95 Å². The summed E-state index contributed by atoms with van der Waals surface area (Å²) in [6, 6.07) is 5.68. The Morgan fingerprint density at radius 2 is 2.11 bits per heavy atom. The van der Waals surface area contributed by atoms with Crippen molar-refractivity contribution in [3.05, 3.63) is 23.9 Å². The standard InChI is InChI=1S/C11H17N5O2S/c1-9-5-4-6-10-13-11(14-16(9)10)12-7-8-19(17,18)15(2)3/h4-6H,7-8H2,1-3H3,(H,12,14). The zero-order chi connectivity index (χ0) is 14.0. The Morgan fingerprint density at radius 1 is 1.37 bits per heavy atom. The van der Waals surface area contributed by atoms with E-state index in [1.165, 1.54) is 18.4 Å². The Balaban J connectivity index is 2.05. The van der Waals surface area contributed by atoms with E-state index in [1.807, 2.05) is 25.1 Å². The molecule has 0 amide bonds. The number of pyridine rings is 1. The molecule has 2 heterocycles. The van der Waals surface area contributed by atoms with Crippen molar-refractivity contribution in [2.45, 2.75) is 6.92 Å². The van der Waals surface area contributed by atoms with E-state index >= 15 is 0 Å². The van der Waals surface area contributed by atoms with Crippen LogP contribution in [0.5, 0.6) is 0 Å². The van der Waals surface area contributed by atoms with Crippen LogP contribution in [-0.4, -0.2) is 53.7 Å². The van der Waals surface area contributed by atoms with Gasteiger partial charge >= 0.3 is 0 Å². The van der Waals surface area contributed by atoms with E-state index in [-0.39, 0.29) is 12.3 Å². The molecule has 0 aliphatic rings. The molecular weight excluding hydrogens is 266 g/mol. The molecule has 0 atom stereocenters. The topological polar surface area (TPSA) is 79.6 Å². The SMILES string of the molecule is Cc1cccc2nc(NCCS(=O)(=O)N(C)C)nn12. The number of aryl methyl sites for hydroxylation is 1. The third-order valence-electron chi connectivity index (χ3n) is 2.75. The van der Waals surface area contributed by atoms with Crippen molar-refractivity contribution in [1.82, 2.24) is 18.9 Å². The number of hydrogen-bond donors (Lipinski definition) is 1. The Labute approximate surface area is 112 Å². The maximum atomic E-state index is 11.6. The Kier molecular flexibility index (Phi) is 3.72. The molecule has 0 radical (unpaired) electrons. The van der Waals surface area contributed by atoms with Gasteiger partial charge in [-0.05, 0) is 19.1 Å². The van der Waals surface area contributed by atoms with Gasteiger partial charge in [0.1, 0.15) is 0 Å². The minimum absolute atomic E-state index is 0.00847. The highest BCUT2D eigenvalue weighted by Crippen LogP contribution is 2.07. The second-order valence-corrected chi connectivity index (χ2v) is 6.70. The zero-order valence-corrected chi connectivity index (χ0v) is 12.0. The van der Waals surface area contributed by atoms with Gasteiger partial charge in [-0.3, -0.25) is 0 Å². The maximum Gasteiger partial charge on any atom is 0.243 e. The molecule has 1 N–H and O–H groups in total. The first-order chi connectivity index (χ1) is 8.90. The Hall–Kier alpha value is -1.67. The molecule has 0 aliphatic carbocycles. The summed E-state index contributed by atoms with van der Waals surface area (Å²) in [5.41, 5.74) is 1.71. The fourth-order valence-electron chi connectivity index (χ4n) is 1.58. The highest BCUT2D eigenvalue weighted by Gasteiger charge is 2.13. The van der Waals surface area contributed by atoms with E-state index in [1.54, 1.807) is 4.52 Å². The quantitative estimate of drug-likeness (QED) is 0.856. The van der Waals surface area contributed by atoms with E-state index in [9.17, 15) is 8.42 Å². The third kappa shape index (κ3) is 3.02. The molecule has 7 nitrogen and oxygen atoms in total. The molecule has 0 aromatic carbocycles. The fourth-order valence-corrected chi connectivity index (χ4v) is 2.31. The van der Waals surface area contributed by atoms with Crippen LogP contribution >= 0.6 is 0 Å². The normalized spacial score (nSPS) is 12.2. The van der Waals surface area contributed by atoms with Gasteiger partial charge in [-0.15, -0.1) is 5.10 Å². The number of anilines is 1. The highest BCUT2D eigenvalue weighted by atomic mass is 32.2. The van der Waals surface area contributed by atoms with Crippen LogP contribution in [0.2, 0.25) is 0 Å². The first-order valence-electron chi connectivity index (χ1n) is 5.86. The zero-order valence-electron chi connectivity index (χ0n) is 11.2. The summed E-state index contributed by atoms with van der Waals surface area (Å²) in [4.78, 5) is 4.27. The lowest BCUT2D eigenvalue weighted by Crippen LogP contribution is -2.28. The minimum Gasteiger partial charge on any atom is -0.352 e. The van der Waals surface area contributed by atoms with Crippen LogP contribution in [0.15, 0.2) is 18.2 Å². The Morgan fingerprint density at radius 3 is 2.74 bits per heavy atom. The molecule has 0 aliphatic heterocycles. The highest BCUT2D eigenvalue weighted by molar-refractivity contribution is 7.89. The lowest BCUT2D eigenvalue weighted by Gasteiger charge is -2.10. The van der Waals surface area contributed by atoms with E-state index in [2.05, 4.69) is 15.4 Å². The van der Waals surface area contributed by atoms with Gasteiger partial charge < -0.3 is 5.32 Å². The monoisotopic (exact) mass is 283 g/mol. The molecular formula is C11H17N5O2S. The van der Waals surface area contributed by atoms with Gasteiger partial charge in [0.15, 0.2) is 5.65 Å². The van der Waals surface area contributed by atoms with Gasteiger partial charge in [0.2, 0.25) is 16.0 Å². The van der Waals surface area contributed by atoms with Crippen LogP contribution in [0, 0.1) is 6.92 Å². The lowest BCUT2D eigenvalue weighted by molar-refractivity contribution is 0.521. The van der Waals surface area contributed by atoms with Crippen molar-refractivity contribution in [1.29, 1.82) is 0 Å². The summed E-state index contributed by atoms with van der Waals surface area (Å²) in [6.45, 7) is 2.21. The molecule has 8 heteroatoms. The van der Waals surface area contributed by atoms with Gasteiger partial charge in [0.25, 0.3) is 0 Å². The second kappa shape index (κ2) is 5.14. The summed E-state index contributed by atoms with van der Waals surface area (Å²) >= 11 is 0. The number of rotatable bonds is 5. The molecule has 0 saturated carbocycles. The first kappa shape index (κ1) is 13.8. The van der Waals surface area contributed by atoms with Gasteiger partial charge in [-0.25, -0.2) is 17.2 Å². The predicted octanol–water partition coefficient (Wildman–Crippen LogP) is 0.341. The van der Waals surface area contributed by atoms with Gasteiger partial charge in [-0.2, -0.15) is 4.98 Å². The molecule has 0 saturated heterocycles. The average molecular weight is 283 g/mol. The molecule has 19 heavy (non-hydrogen) atoms. The summed E-state index contributed by atoms with van der Waals surface area (Å²) in [7, 11) is -0.167.